The van der Waals surface area contributed by atoms with Gasteiger partial charge in [0.2, 0.25) is 0 Å². The van der Waals surface area contributed by atoms with Gasteiger partial charge in [-0.05, 0) is 31.2 Å². The van der Waals surface area contributed by atoms with Gasteiger partial charge in [-0.2, -0.15) is 10.1 Å². The number of carbonyl (C=O) groups is 1. The molecule has 1 aromatic heterocycles. The Labute approximate surface area is 125 Å². The molecule has 1 aliphatic rings. The Balaban J connectivity index is 1.92. The summed E-state index contributed by atoms with van der Waals surface area (Å²) in [5.74, 6) is -0.436. The van der Waals surface area contributed by atoms with E-state index in [0.29, 0.717) is 17.0 Å². The smallest absolute Gasteiger partial charge is 0.401 e. The third-order valence-corrected chi connectivity index (χ3v) is 3.14. The molecule has 3 rings (SSSR count). The number of nitro groups is 1. The minimum absolute atomic E-state index is 0.236. The van der Waals surface area contributed by atoms with E-state index >= 15 is 0 Å². The molecule has 22 heavy (non-hydrogen) atoms. The van der Waals surface area contributed by atoms with E-state index in [1.54, 1.807) is 19.1 Å². The number of hydrogen-bond acceptors (Lipinski definition) is 5. The number of anilines is 1. The molecule has 0 aliphatic carbocycles. The van der Waals surface area contributed by atoms with Crippen LogP contribution in [0.25, 0.3) is 6.08 Å². The van der Waals surface area contributed by atoms with E-state index in [0.717, 1.165) is 0 Å². The topological polar surface area (TPSA) is 89.0 Å². The summed E-state index contributed by atoms with van der Waals surface area (Å²) in [6.45, 7) is 1.70. The highest BCUT2D eigenvalue weighted by Gasteiger charge is 2.29. The third-order valence-electron chi connectivity index (χ3n) is 3.14. The summed E-state index contributed by atoms with van der Waals surface area (Å²) >= 11 is 0. The van der Waals surface area contributed by atoms with Gasteiger partial charge in [0.1, 0.15) is 10.7 Å². The molecule has 1 aromatic carbocycles. The lowest BCUT2D eigenvalue weighted by Gasteiger charge is -2.10. The molecule has 1 aliphatic heterocycles. The number of furan rings is 1. The maximum atomic E-state index is 12.4. The first-order valence-electron chi connectivity index (χ1n) is 6.47. The van der Waals surface area contributed by atoms with Gasteiger partial charge < -0.3 is 4.42 Å². The van der Waals surface area contributed by atoms with Crippen molar-refractivity contribution in [3.63, 3.8) is 0 Å². The second kappa shape index (κ2) is 5.28. The van der Waals surface area contributed by atoms with Crippen LogP contribution in [0.15, 0.2) is 57.6 Å². The van der Waals surface area contributed by atoms with Crippen molar-refractivity contribution in [1.82, 2.24) is 0 Å². The van der Waals surface area contributed by atoms with Crippen molar-refractivity contribution in [3.8, 4) is 0 Å². The van der Waals surface area contributed by atoms with Crippen molar-refractivity contribution in [2.75, 3.05) is 5.01 Å². The molecule has 0 fully saturated rings. The standard InChI is InChI=1S/C15H11N3O4/c1-10-13(9-12-7-8-14(22-12)18(20)21)15(19)17(16-10)11-5-3-2-4-6-11/h2-9H,1H3/b13-9-. The lowest BCUT2D eigenvalue weighted by Crippen LogP contribution is -2.21. The molecular weight excluding hydrogens is 286 g/mol. The van der Waals surface area contributed by atoms with Crippen LogP contribution in [0.3, 0.4) is 0 Å². The fourth-order valence-electron chi connectivity index (χ4n) is 2.09. The minimum Gasteiger partial charge on any atom is -0.401 e. The molecular formula is C15H11N3O4. The van der Waals surface area contributed by atoms with Crippen LogP contribution in [0.5, 0.6) is 0 Å². The molecule has 110 valence electrons. The van der Waals surface area contributed by atoms with Gasteiger partial charge >= 0.3 is 5.88 Å². The largest absolute Gasteiger partial charge is 0.433 e. The number of amides is 1. The summed E-state index contributed by atoms with van der Waals surface area (Å²) < 4.78 is 5.04. The first-order valence-corrected chi connectivity index (χ1v) is 6.47. The second-order valence-corrected chi connectivity index (χ2v) is 4.63. The number of carbonyl (C=O) groups excluding carboxylic acids is 1. The number of benzene rings is 1. The first kappa shape index (κ1) is 13.7. The summed E-state index contributed by atoms with van der Waals surface area (Å²) in [6.07, 6.45) is 1.46. The van der Waals surface area contributed by atoms with Crippen LogP contribution in [0.4, 0.5) is 11.6 Å². The molecule has 0 saturated carbocycles. The molecule has 0 bridgehead atoms. The van der Waals surface area contributed by atoms with Crippen LogP contribution in [-0.4, -0.2) is 16.5 Å². The maximum Gasteiger partial charge on any atom is 0.433 e. The van der Waals surface area contributed by atoms with Crippen molar-refractivity contribution < 1.29 is 14.1 Å². The zero-order valence-electron chi connectivity index (χ0n) is 11.6. The zero-order valence-corrected chi connectivity index (χ0v) is 11.6. The predicted molar refractivity (Wildman–Crippen MR) is 80.4 cm³/mol. The molecule has 0 atom stereocenters. The van der Waals surface area contributed by atoms with Crippen LogP contribution < -0.4 is 5.01 Å². The predicted octanol–water partition coefficient (Wildman–Crippen LogP) is 2.99. The summed E-state index contributed by atoms with van der Waals surface area (Å²) in [4.78, 5) is 22.4. The zero-order chi connectivity index (χ0) is 15.7. The average molecular weight is 297 g/mol. The van der Waals surface area contributed by atoms with E-state index in [1.807, 2.05) is 18.2 Å². The van der Waals surface area contributed by atoms with Gasteiger partial charge in [0, 0.05) is 0 Å². The molecule has 0 N–H and O–H groups in total. The highest BCUT2D eigenvalue weighted by atomic mass is 16.6. The quantitative estimate of drug-likeness (QED) is 0.495. The van der Waals surface area contributed by atoms with Gasteiger partial charge in [-0.1, -0.05) is 18.2 Å². The second-order valence-electron chi connectivity index (χ2n) is 4.63. The summed E-state index contributed by atoms with van der Waals surface area (Å²) in [5.41, 5.74) is 1.52. The highest BCUT2D eigenvalue weighted by Crippen LogP contribution is 2.26. The number of hydrazone groups is 1. The van der Waals surface area contributed by atoms with Gasteiger partial charge in [0.15, 0.2) is 0 Å². The van der Waals surface area contributed by atoms with Gasteiger partial charge in [0.05, 0.1) is 23.0 Å². The SMILES string of the molecule is CC1=NN(c2ccccc2)C(=O)/C1=C\c1ccc([N+](=O)[O-])o1. The molecule has 0 unspecified atom stereocenters. The number of para-hydroxylation sites is 1. The Bertz CT molecular complexity index is 805. The molecule has 0 spiro atoms. The van der Waals surface area contributed by atoms with E-state index < -0.39 is 4.92 Å². The van der Waals surface area contributed by atoms with E-state index in [1.165, 1.54) is 23.2 Å². The van der Waals surface area contributed by atoms with Crippen LogP contribution in [0, 0.1) is 10.1 Å². The van der Waals surface area contributed by atoms with Crippen molar-refractivity contribution in [2.24, 2.45) is 5.10 Å². The lowest BCUT2D eigenvalue weighted by atomic mass is 10.1. The number of hydrogen-bond donors (Lipinski definition) is 0. The Morgan fingerprint density at radius 2 is 1.95 bits per heavy atom. The Morgan fingerprint density at radius 3 is 2.59 bits per heavy atom. The summed E-state index contributed by atoms with van der Waals surface area (Å²) in [5, 5.41) is 16.1. The molecule has 2 aromatic rings. The van der Waals surface area contributed by atoms with E-state index in [-0.39, 0.29) is 17.6 Å². The fourth-order valence-corrected chi connectivity index (χ4v) is 2.09. The normalized spacial score (nSPS) is 16.2. The molecule has 2 heterocycles. The van der Waals surface area contributed by atoms with Crippen LogP contribution in [0.2, 0.25) is 0 Å². The summed E-state index contributed by atoms with van der Waals surface area (Å²) in [6, 6.07) is 11.7. The molecule has 0 saturated heterocycles. The first-order chi connectivity index (χ1) is 10.6. The molecule has 7 nitrogen and oxygen atoms in total. The van der Waals surface area contributed by atoms with Gasteiger partial charge in [-0.3, -0.25) is 14.9 Å². The van der Waals surface area contributed by atoms with Gasteiger partial charge in [-0.15, -0.1) is 0 Å². The van der Waals surface area contributed by atoms with Gasteiger partial charge in [0.25, 0.3) is 5.91 Å². The van der Waals surface area contributed by atoms with Crippen molar-refractivity contribution >= 4 is 29.3 Å². The van der Waals surface area contributed by atoms with Crippen molar-refractivity contribution in [2.45, 2.75) is 6.92 Å². The summed E-state index contributed by atoms with van der Waals surface area (Å²) in [7, 11) is 0. The van der Waals surface area contributed by atoms with E-state index in [9.17, 15) is 14.9 Å². The highest BCUT2D eigenvalue weighted by molar-refractivity contribution is 6.32. The number of nitrogens with zero attached hydrogens (tertiary/aromatic N) is 3. The monoisotopic (exact) mass is 297 g/mol. The Morgan fingerprint density at radius 1 is 1.23 bits per heavy atom. The molecule has 1 amide bonds. The van der Waals surface area contributed by atoms with Gasteiger partial charge in [-0.25, -0.2) is 0 Å². The average Bonchev–Trinajstić information content (AvgIpc) is 3.09. The molecule has 0 radical (unpaired) electrons. The van der Waals surface area contributed by atoms with Crippen LogP contribution in [0.1, 0.15) is 12.7 Å². The maximum absolute atomic E-state index is 12.4. The fraction of sp³-hybridized carbons (Fsp3) is 0.0667. The molecule has 7 heteroatoms. The Kier molecular flexibility index (Phi) is 3.30. The van der Waals surface area contributed by atoms with E-state index in [2.05, 4.69) is 5.10 Å². The van der Waals surface area contributed by atoms with Crippen LogP contribution >= 0.6 is 0 Å². The van der Waals surface area contributed by atoms with Crippen molar-refractivity contribution in [1.29, 1.82) is 0 Å². The lowest BCUT2D eigenvalue weighted by molar-refractivity contribution is -0.402. The van der Waals surface area contributed by atoms with E-state index in [4.69, 9.17) is 4.42 Å². The number of rotatable bonds is 3. The third kappa shape index (κ3) is 2.39. The van der Waals surface area contributed by atoms with Crippen LogP contribution in [-0.2, 0) is 4.79 Å². The Hall–Kier alpha value is -3.22. The minimum atomic E-state index is -0.629. The van der Waals surface area contributed by atoms with Crippen molar-refractivity contribution in [3.05, 3.63) is 63.9 Å².